The van der Waals surface area contributed by atoms with E-state index in [-0.39, 0.29) is 12.0 Å². The van der Waals surface area contributed by atoms with Gasteiger partial charge in [-0.25, -0.2) is 9.97 Å². The molecule has 3 heterocycles. The van der Waals surface area contributed by atoms with Gasteiger partial charge in [0.15, 0.2) is 0 Å². The van der Waals surface area contributed by atoms with Crippen molar-refractivity contribution in [3.8, 4) is 10.6 Å². The molecule has 0 saturated heterocycles. The third kappa shape index (κ3) is 4.94. The minimum Gasteiger partial charge on any atom is -0.390 e. The summed E-state index contributed by atoms with van der Waals surface area (Å²) in [6.45, 7) is 6.99. The summed E-state index contributed by atoms with van der Waals surface area (Å²) in [6, 6.07) is 2.22. The van der Waals surface area contributed by atoms with Crippen molar-refractivity contribution in [2.75, 3.05) is 30.9 Å². The normalized spacial score (nSPS) is 19.1. The molecule has 31 heavy (non-hydrogen) atoms. The molecule has 9 heteroatoms. The number of rotatable bonds is 8. The van der Waals surface area contributed by atoms with E-state index in [1.165, 1.54) is 0 Å². The molecule has 1 fully saturated rings. The lowest BCUT2D eigenvalue weighted by molar-refractivity contribution is 0.0197. The number of aromatic nitrogens is 4. The van der Waals surface area contributed by atoms with Gasteiger partial charge in [-0.1, -0.05) is 0 Å². The number of nitrogens with one attached hydrogen (secondary N) is 2. The van der Waals surface area contributed by atoms with Gasteiger partial charge in [0, 0.05) is 25.9 Å². The van der Waals surface area contributed by atoms with E-state index in [0.29, 0.717) is 19.1 Å². The highest BCUT2D eigenvalue weighted by Crippen LogP contribution is 2.39. The smallest absolute Gasteiger partial charge is 0.224 e. The van der Waals surface area contributed by atoms with E-state index in [2.05, 4.69) is 20.6 Å². The number of aryl methyl sites for hydroxylation is 1. The van der Waals surface area contributed by atoms with Gasteiger partial charge >= 0.3 is 0 Å². The molecule has 0 aliphatic heterocycles. The highest BCUT2D eigenvalue weighted by Gasteiger charge is 2.35. The number of anilines is 2. The minimum atomic E-state index is -0.673. The topological polar surface area (TPSA) is 105 Å². The van der Waals surface area contributed by atoms with Crippen molar-refractivity contribution in [3.05, 3.63) is 24.2 Å². The SMILES string of the molecule is COCCNc1nc(C)c(-c2nc3cnccc3s2)c(NC2CCC(C(C)(C)O)C2)n1. The largest absolute Gasteiger partial charge is 0.390 e. The average molecular weight is 443 g/mol. The Morgan fingerprint density at radius 2 is 2.10 bits per heavy atom. The standard InChI is InChI=1S/C22H30N6O2S/c1-13-18(20-27-16-12-23-8-7-17(16)31-20)19(28-21(25-13)24-9-10-30-4)26-15-6-5-14(11-15)22(2,3)29/h7-8,12,14-15,29H,5-6,9-11H2,1-4H3,(H2,24,25,26,28). The zero-order chi connectivity index (χ0) is 22.0. The molecule has 3 aromatic heterocycles. The minimum absolute atomic E-state index is 0.243. The fourth-order valence-corrected chi connectivity index (χ4v) is 5.14. The molecule has 2 atom stereocenters. The van der Waals surface area contributed by atoms with Crippen molar-refractivity contribution in [1.29, 1.82) is 0 Å². The lowest BCUT2D eigenvalue weighted by atomic mass is 9.89. The molecule has 1 saturated carbocycles. The quantitative estimate of drug-likeness (QED) is 0.452. The maximum absolute atomic E-state index is 10.4. The van der Waals surface area contributed by atoms with Crippen LogP contribution in [0.2, 0.25) is 0 Å². The van der Waals surface area contributed by atoms with Gasteiger partial charge in [-0.2, -0.15) is 4.98 Å². The zero-order valence-electron chi connectivity index (χ0n) is 18.5. The monoisotopic (exact) mass is 442 g/mol. The van der Waals surface area contributed by atoms with Crippen LogP contribution in [0.5, 0.6) is 0 Å². The maximum Gasteiger partial charge on any atom is 0.224 e. The second-order valence-corrected chi connectivity index (χ2v) is 9.67. The molecule has 0 radical (unpaired) electrons. The number of fused-ring (bicyclic) bond motifs is 1. The molecule has 4 rings (SSSR count). The predicted molar refractivity (Wildman–Crippen MR) is 125 cm³/mol. The van der Waals surface area contributed by atoms with E-state index in [9.17, 15) is 5.11 Å². The Kier molecular flexibility index (Phi) is 6.36. The van der Waals surface area contributed by atoms with E-state index in [1.807, 2.05) is 26.8 Å². The third-order valence-corrected chi connectivity index (χ3v) is 6.91. The van der Waals surface area contributed by atoms with E-state index >= 15 is 0 Å². The second-order valence-electron chi connectivity index (χ2n) is 8.64. The van der Waals surface area contributed by atoms with E-state index in [4.69, 9.17) is 14.7 Å². The summed E-state index contributed by atoms with van der Waals surface area (Å²) in [5.41, 5.74) is 1.98. The molecule has 8 nitrogen and oxygen atoms in total. The van der Waals surface area contributed by atoms with Crippen LogP contribution in [0.15, 0.2) is 18.5 Å². The third-order valence-electron chi connectivity index (χ3n) is 5.86. The summed E-state index contributed by atoms with van der Waals surface area (Å²) in [5.74, 6) is 1.62. The van der Waals surface area contributed by atoms with E-state index < -0.39 is 5.60 Å². The molecule has 166 valence electrons. The first-order chi connectivity index (χ1) is 14.8. The molecule has 0 aromatic carbocycles. The molecule has 1 aliphatic carbocycles. The van der Waals surface area contributed by atoms with Crippen LogP contribution in [0, 0.1) is 12.8 Å². The van der Waals surface area contributed by atoms with Gasteiger partial charge in [-0.05, 0) is 52.0 Å². The van der Waals surface area contributed by atoms with Crippen molar-refractivity contribution in [1.82, 2.24) is 19.9 Å². The van der Waals surface area contributed by atoms with Gasteiger partial charge in [0.25, 0.3) is 0 Å². The summed E-state index contributed by atoms with van der Waals surface area (Å²) >= 11 is 1.62. The summed E-state index contributed by atoms with van der Waals surface area (Å²) < 4.78 is 6.21. The van der Waals surface area contributed by atoms with Gasteiger partial charge in [0.2, 0.25) is 5.95 Å². The Labute approximate surface area is 186 Å². The Balaban J connectivity index is 1.68. The molecular formula is C22H30N6O2S. The predicted octanol–water partition coefficient (Wildman–Crippen LogP) is 3.87. The van der Waals surface area contributed by atoms with Gasteiger partial charge in [0.05, 0.1) is 34.4 Å². The number of nitrogens with zero attached hydrogens (tertiary/aromatic N) is 4. The van der Waals surface area contributed by atoms with Crippen LogP contribution in [0.25, 0.3) is 20.8 Å². The molecule has 2 unspecified atom stereocenters. The highest BCUT2D eigenvalue weighted by atomic mass is 32.1. The lowest BCUT2D eigenvalue weighted by Crippen LogP contribution is -2.30. The van der Waals surface area contributed by atoms with Crippen LogP contribution in [-0.2, 0) is 4.74 Å². The van der Waals surface area contributed by atoms with Crippen molar-refractivity contribution < 1.29 is 9.84 Å². The summed E-state index contributed by atoms with van der Waals surface area (Å²) in [5, 5.41) is 18.2. The summed E-state index contributed by atoms with van der Waals surface area (Å²) in [7, 11) is 1.67. The fourth-order valence-electron chi connectivity index (χ4n) is 4.11. The van der Waals surface area contributed by atoms with Crippen LogP contribution in [0.4, 0.5) is 11.8 Å². The van der Waals surface area contributed by atoms with Gasteiger partial charge in [-0.3, -0.25) is 4.98 Å². The fraction of sp³-hybridized carbons (Fsp3) is 0.545. The first kappa shape index (κ1) is 21.9. The number of ether oxygens (including phenoxy) is 1. The van der Waals surface area contributed by atoms with Crippen LogP contribution < -0.4 is 10.6 Å². The summed E-state index contributed by atoms with van der Waals surface area (Å²) in [6.07, 6.45) is 6.46. The zero-order valence-corrected chi connectivity index (χ0v) is 19.3. The first-order valence-electron chi connectivity index (χ1n) is 10.7. The van der Waals surface area contributed by atoms with E-state index in [1.54, 1.807) is 30.8 Å². The Morgan fingerprint density at radius 1 is 1.26 bits per heavy atom. The Morgan fingerprint density at radius 3 is 2.81 bits per heavy atom. The molecule has 3 aromatic rings. The molecule has 0 amide bonds. The van der Waals surface area contributed by atoms with Gasteiger partial charge in [0.1, 0.15) is 16.3 Å². The highest BCUT2D eigenvalue weighted by molar-refractivity contribution is 7.21. The number of pyridine rings is 1. The van der Waals surface area contributed by atoms with Crippen LogP contribution >= 0.6 is 11.3 Å². The van der Waals surface area contributed by atoms with Crippen LogP contribution in [-0.4, -0.2) is 56.9 Å². The Bertz CT molecular complexity index is 1020. The number of aliphatic hydroxyl groups is 1. The molecule has 0 spiro atoms. The Hall–Kier alpha value is -2.36. The van der Waals surface area contributed by atoms with Crippen molar-refractivity contribution in [3.63, 3.8) is 0 Å². The summed E-state index contributed by atoms with van der Waals surface area (Å²) in [4.78, 5) is 18.5. The van der Waals surface area contributed by atoms with Crippen molar-refractivity contribution >= 4 is 33.3 Å². The molecular weight excluding hydrogens is 412 g/mol. The van der Waals surface area contributed by atoms with Crippen molar-refractivity contribution in [2.45, 2.75) is 51.7 Å². The molecule has 0 bridgehead atoms. The lowest BCUT2D eigenvalue weighted by Gasteiger charge is -2.25. The first-order valence-corrected chi connectivity index (χ1v) is 11.5. The van der Waals surface area contributed by atoms with Gasteiger partial charge in [-0.15, -0.1) is 11.3 Å². The molecule has 3 N–H and O–H groups in total. The van der Waals surface area contributed by atoms with E-state index in [0.717, 1.165) is 51.6 Å². The van der Waals surface area contributed by atoms with Crippen molar-refractivity contribution in [2.24, 2.45) is 5.92 Å². The second kappa shape index (κ2) is 9.02. The molecule has 1 aliphatic rings. The number of hydrogen-bond donors (Lipinski definition) is 3. The number of hydrogen-bond acceptors (Lipinski definition) is 9. The van der Waals surface area contributed by atoms with Gasteiger partial charge < -0.3 is 20.5 Å². The van der Waals surface area contributed by atoms with Crippen LogP contribution in [0.3, 0.4) is 0 Å². The average Bonchev–Trinajstić information content (AvgIpc) is 3.34. The number of methoxy groups -OCH3 is 1. The maximum atomic E-state index is 10.4. The number of thiazole rings is 1. The van der Waals surface area contributed by atoms with Crippen LogP contribution in [0.1, 0.15) is 38.8 Å².